The van der Waals surface area contributed by atoms with E-state index in [1.807, 2.05) is 42.5 Å². The van der Waals surface area contributed by atoms with Crippen molar-refractivity contribution in [2.75, 3.05) is 13.2 Å². The number of Topliss-reactive ketones (excluding diaryl/α,β-unsaturated/α-hetero) is 1. The Bertz CT molecular complexity index is 1400. The number of nitrogens with zero attached hydrogens (tertiary/aromatic N) is 2. The van der Waals surface area contributed by atoms with Gasteiger partial charge in [-0.2, -0.15) is 8.78 Å². The van der Waals surface area contributed by atoms with Crippen molar-refractivity contribution < 1.29 is 32.6 Å². The Kier molecular flexibility index (Phi) is 7.44. The molecule has 0 aliphatic carbocycles. The lowest BCUT2D eigenvalue weighted by Gasteiger charge is -2.50. The van der Waals surface area contributed by atoms with Gasteiger partial charge in [0.2, 0.25) is 0 Å². The predicted octanol–water partition coefficient (Wildman–Crippen LogP) is 5.63. The van der Waals surface area contributed by atoms with E-state index in [1.54, 1.807) is 19.2 Å². The molecule has 0 saturated heterocycles. The van der Waals surface area contributed by atoms with Crippen molar-refractivity contribution in [1.29, 1.82) is 0 Å². The van der Waals surface area contributed by atoms with Gasteiger partial charge in [-0.25, -0.2) is 4.79 Å². The molecule has 3 heterocycles. The Morgan fingerprint density at radius 2 is 1.90 bits per heavy atom. The molecule has 0 N–H and O–H groups in total. The zero-order valence-electron chi connectivity index (χ0n) is 22.2. The van der Waals surface area contributed by atoms with Crippen LogP contribution < -0.4 is 4.74 Å². The second-order valence-electron chi connectivity index (χ2n) is 10.6. The molecule has 5 rings (SSSR count). The number of carbonyl (C=O) groups excluding carboxylic acids is 2. The van der Waals surface area contributed by atoms with E-state index in [0.29, 0.717) is 25.1 Å². The Morgan fingerprint density at radius 1 is 1.13 bits per heavy atom. The lowest BCUT2D eigenvalue weighted by molar-refractivity contribution is -0.141. The molecule has 0 radical (unpaired) electrons. The van der Waals surface area contributed by atoms with Gasteiger partial charge < -0.3 is 23.7 Å². The van der Waals surface area contributed by atoms with E-state index in [9.17, 15) is 18.4 Å². The zero-order chi connectivity index (χ0) is 27.7. The van der Waals surface area contributed by atoms with E-state index < -0.39 is 24.0 Å². The van der Waals surface area contributed by atoms with Gasteiger partial charge >= 0.3 is 12.6 Å². The minimum Gasteiger partial charge on any atom is -0.462 e. The van der Waals surface area contributed by atoms with Crippen molar-refractivity contribution in [3.63, 3.8) is 0 Å². The number of benzene rings is 2. The van der Waals surface area contributed by atoms with Gasteiger partial charge in [-0.1, -0.05) is 50.2 Å². The number of fused-ring (bicyclic) bond motifs is 5. The molecule has 1 aromatic heterocycles. The molecular formula is C30H32F2N2O5. The van der Waals surface area contributed by atoms with Gasteiger partial charge in [0.25, 0.3) is 0 Å². The normalized spacial score (nSPS) is 19.1. The van der Waals surface area contributed by atoms with Crippen LogP contribution in [0.1, 0.15) is 44.5 Å². The summed E-state index contributed by atoms with van der Waals surface area (Å²) in [6.07, 6.45) is 1.68. The molecule has 39 heavy (non-hydrogen) atoms. The first-order chi connectivity index (χ1) is 18.7. The van der Waals surface area contributed by atoms with Gasteiger partial charge in [-0.15, -0.1) is 0 Å². The van der Waals surface area contributed by atoms with Crippen LogP contribution in [0, 0.1) is 5.41 Å². The van der Waals surface area contributed by atoms with Crippen LogP contribution in [-0.2, 0) is 32.2 Å². The summed E-state index contributed by atoms with van der Waals surface area (Å²) in [5.41, 5.74) is 2.22. The minimum absolute atomic E-state index is 0.0189. The summed E-state index contributed by atoms with van der Waals surface area (Å²) in [5.74, 6) is -0.867. The number of esters is 1. The molecule has 0 amide bonds. The summed E-state index contributed by atoms with van der Waals surface area (Å²) in [7, 11) is 0. The maximum absolute atomic E-state index is 13.1. The van der Waals surface area contributed by atoms with E-state index in [0.717, 1.165) is 16.8 Å². The van der Waals surface area contributed by atoms with Gasteiger partial charge in [-0.3, -0.25) is 4.79 Å². The van der Waals surface area contributed by atoms with Crippen molar-refractivity contribution >= 4 is 22.7 Å². The first-order valence-corrected chi connectivity index (χ1v) is 13.1. The van der Waals surface area contributed by atoms with Crippen molar-refractivity contribution in [2.45, 2.75) is 59.0 Å². The minimum atomic E-state index is -2.95. The van der Waals surface area contributed by atoms with E-state index in [1.165, 1.54) is 6.07 Å². The number of aromatic nitrogens is 1. The molecule has 206 valence electrons. The zero-order valence-corrected chi connectivity index (χ0v) is 22.2. The highest BCUT2D eigenvalue weighted by Gasteiger charge is 2.46. The predicted molar refractivity (Wildman–Crippen MR) is 141 cm³/mol. The highest BCUT2D eigenvalue weighted by molar-refractivity contribution is 6.17. The maximum atomic E-state index is 13.1. The molecule has 0 bridgehead atoms. The van der Waals surface area contributed by atoms with Crippen LogP contribution >= 0.6 is 0 Å². The first kappa shape index (κ1) is 26.9. The van der Waals surface area contributed by atoms with Gasteiger partial charge in [0.15, 0.2) is 5.78 Å². The summed E-state index contributed by atoms with van der Waals surface area (Å²) >= 11 is 0. The van der Waals surface area contributed by atoms with Crippen molar-refractivity contribution in [3.05, 3.63) is 77.6 Å². The number of ether oxygens (including phenoxy) is 3. The Labute approximate surface area is 225 Å². The van der Waals surface area contributed by atoms with Crippen molar-refractivity contribution in [1.82, 2.24) is 9.47 Å². The first-order valence-electron chi connectivity index (χ1n) is 13.1. The van der Waals surface area contributed by atoms with E-state index in [-0.39, 0.29) is 36.2 Å². The fourth-order valence-corrected chi connectivity index (χ4v) is 5.62. The molecule has 0 spiro atoms. The lowest BCUT2D eigenvalue weighted by atomic mass is 9.80. The fraction of sp³-hybridized carbons (Fsp3) is 0.400. The third kappa shape index (κ3) is 5.28. The quantitative estimate of drug-likeness (QED) is 0.260. The van der Waals surface area contributed by atoms with Crippen molar-refractivity contribution in [2.24, 2.45) is 5.41 Å². The van der Waals surface area contributed by atoms with E-state index >= 15 is 0 Å². The number of carbonyl (C=O) groups is 2. The Balaban J connectivity index is 1.54. The SMILES string of the molecule is CCOC(=O)C1=CN2C(CC1=O)c1cc3c(OC(F)F)cccc3n1CC2C(C)(C)COCc1ccccc1. The maximum Gasteiger partial charge on any atom is 0.387 e. The fourth-order valence-electron chi connectivity index (χ4n) is 5.62. The van der Waals surface area contributed by atoms with Crippen LogP contribution in [0.25, 0.3) is 10.9 Å². The molecule has 2 unspecified atom stereocenters. The van der Waals surface area contributed by atoms with Gasteiger partial charge in [0.05, 0.1) is 37.4 Å². The summed E-state index contributed by atoms with van der Waals surface area (Å²) < 4.78 is 44.5. The molecule has 0 fully saturated rings. The summed E-state index contributed by atoms with van der Waals surface area (Å²) in [4.78, 5) is 27.8. The molecule has 0 saturated carbocycles. The van der Waals surface area contributed by atoms with E-state index in [4.69, 9.17) is 14.2 Å². The number of rotatable bonds is 9. The number of hydrogen-bond donors (Lipinski definition) is 0. The van der Waals surface area contributed by atoms with E-state index in [2.05, 4.69) is 23.3 Å². The molecule has 2 aliphatic heterocycles. The molecule has 7 nitrogen and oxygen atoms in total. The van der Waals surface area contributed by atoms with Gasteiger partial charge in [-0.05, 0) is 30.7 Å². The summed E-state index contributed by atoms with van der Waals surface area (Å²) in [5, 5.41) is 0.555. The second kappa shape index (κ2) is 10.8. The van der Waals surface area contributed by atoms with Crippen LogP contribution in [0.3, 0.4) is 0 Å². The molecule has 3 aromatic rings. The number of hydrogen-bond acceptors (Lipinski definition) is 6. The van der Waals surface area contributed by atoms with Crippen LogP contribution in [0.2, 0.25) is 0 Å². The highest BCUT2D eigenvalue weighted by Crippen LogP contribution is 2.45. The molecular weight excluding hydrogens is 506 g/mol. The summed E-state index contributed by atoms with van der Waals surface area (Å²) in [6.45, 7) is 4.46. The highest BCUT2D eigenvalue weighted by atomic mass is 19.3. The third-order valence-corrected chi connectivity index (χ3v) is 7.51. The molecule has 2 aromatic carbocycles. The van der Waals surface area contributed by atoms with Crippen LogP contribution in [-0.4, -0.2) is 47.1 Å². The molecule has 2 atom stereocenters. The number of ketones is 1. The second-order valence-corrected chi connectivity index (χ2v) is 10.6. The third-order valence-electron chi connectivity index (χ3n) is 7.51. The average molecular weight is 539 g/mol. The van der Waals surface area contributed by atoms with Crippen molar-refractivity contribution in [3.8, 4) is 5.75 Å². The Morgan fingerprint density at radius 3 is 2.62 bits per heavy atom. The molecule has 9 heteroatoms. The van der Waals surface area contributed by atoms with Crippen LogP contribution in [0.5, 0.6) is 5.75 Å². The lowest BCUT2D eigenvalue weighted by Crippen LogP contribution is -2.54. The average Bonchev–Trinajstić information content (AvgIpc) is 3.28. The number of alkyl halides is 2. The topological polar surface area (TPSA) is 70.0 Å². The smallest absolute Gasteiger partial charge is 0.387 e. The molecule has 2 aliphatic rings. The van der Waals surface area contributed by atoms with Gasteiger partial charge in [0.1, 0.15) is 11.3 Å². The van der Waals surface area contributed by atoms with Crippen LogP contribution in [0.15, 0.2) is 66.4 Å². The largest absolute Gasteiger partial charge is 0.462 e. The summed E-state index contributed by atoms with van der Waals surface area (Å²) in [6, 6.07) is 16.2. The standard InChI is InChI=1S/C30H32F2N2O5/c1-4-38-28(36)21-15-34-24(14-25(21)35)23-13-20-22(11-8-12-26(20)39-29(31)32)33(23)16-27(34)30(2,3)18-37-17-19-9-6-5-7-10-19/h5-13,15,24,27,29H,4,14,16-18H2,1-3H3. The van der Waals surface area contributed by atoms with Gasteiger partial charge in [0, 0.05) is 35.7 Å². The number of halogens is 2. The van der Waals surface area contributed by atoms with Crippen LogP contribution in [0.4, 0.5) is 8.78 Å². The Hall–Kier alpha value is -3.72. The monoisotopic (exact) mass is 538 g/mol.